The standard InChI is InChI=1S/C23H26N6O3/c1-17(31)28(2)10-11-29(3)22-14-24-15-23(27-22)32-21-8-5-18(6-9-21)19-4-7-20(26-12-19)13-25-16-30/h4-9,12,14-16H,10-11,13H2,1-3H3,(H,25,30). The summed E-state index contributed by atoms with van der Waals surface area (Å²) in [5.74, 6) is 1.70. The molecule has 32 heavy (non-hydrogen) atoms. The molecule has 0 spiro atoms. The molecule has 1 N–H and O–H groups in total. The fourth-order valence-electron chi connectivity index (χ4n) is 2.83. The monoisotopic (exact) mass is 434 g/mol. The largest absolute Gasteiger partial charge is 0.437 e. The zero-order chi connectivity index (χ0) is 22.9. The number of nitrogens with zero attached hydrogens (tertiary/aromatic N) is 5. The number of nitrogens with one attached hydrogen (secondary N) is 1. The van der Waals surface area contributed by atoms with Gasteiger partial charge in [-0.05, 0) is 23.8 Å². The highest BCUT2D eigenvalue weighted by Crippen LogP contribution is 2.25. The average molecular weight is 435 g/mol. The van der Waals surface area contributed by atoms with E-state index in [0.29, 0.717) is 43.5 Å². The molecule has 2 amide bonds. The molecule has 0 radical (unpaired) electrons. The molecular formula is C23H26N6O3. The van der Waals surface area contributed by atoms with Gasteiger partial charge in [0.2, 0.25) is 18.2 Å². The second kappa shape index (κ2) is 10.9. The molecule has 9 nitrogen and oxygen atoms in total. The number of hydrogen-bond acceptors (Lipinski definition) is 7. The van der Waals surface area contributed by atoms with Gasteiger partial charge in [-0.1, -0.05) is 18.2 Å². The highest BCUT2D eigenvalue weighted by atomic mass is 16.5. The minimum Gasteiger partial charge on any atom is -0.437 e. The summed E-state index contributed by atoms with van der Waals surface area (Å²) in [6, 6.07) is 11.4. The first-order chi connectivity index (χ1) is 15.5. The lowest BCUT2D eigenvalue weighted by molar-refractivity contribution is -0.127. The Labute approximate surface area is 187 Å². The van der Waals surface area contributed by atoms with Crippen LogP contribution in [-0.2, 0) is 16.1 Å². The molecule has 0 aliphatic carbocycles. The van der Waals surface area contributed by atoms with Crippen molar-refractivity contribution in [2.75, 3.05) is 32.1 Å². The van der Waals surface area contributed by atoms with Crippen LogP contribution in [0.25, 0.3) is 11.1 Å². The maximum absolute atomic E-state index is 11.4. The number of aromatic nitrogens is 3. The van der Waals surface area contributed by atoms with E-state index in [-0.39, 0.29) is 5.91 Å². The van der Waals surface area contributed by atoms with Crippen LogP contribution < -0.4 is 15.0 Å². The van der Waals surface area contributed by atoms with Gasteiger partial charge in [0, 0.05) is 45.9 Å². The molecule has 3 aromatic rings. The second-order valence-corrected chi connectivity index (χ2v) is 7.24. The van der Waals surface area contributed by atoms with Gasteiger partial charge in [0.25, 0.3) is 0 Å². The van der Waals surface area contributed by atoms with Gasteiger partial charge in [-0.15, -0.1) is 0 Å². The Kier molecular flexibility index (Phi) is 7.69. The molecule has 166 valence electrons. The summed E-state index contributed by atoms with van der Waals surface area (Å²) < 4.78 is 5.87. The number of anilines is 1. The van der Waals surface area contributed by atoms with Crippen molar-refractivity contribution in [3.8, 4) is 22.8 Å². The van der Waals surface area contributed by atoms with Crippen LogP contribution in [0.3, 0.4) is 0 Å². The van der Waals surface area contributed by atoms with Crippen molar-refractivity contribution in [2.24, 2.45) is 0 Å². The van der Waals surface area contributed by atoms with Crippen LogP contribution in [0.5, 0.6) is 11.6 Å². The molecule has 0 aliphatic heterocycles. The molecule has 2 aromatic heterocycles. The lowest BCUT2D eigenvalue weighted by atomic mass is 10.1. The Balaban J connectivity index is 1.62. The third kappa shape index (κ3) is 6.24. The number of carbonyl (C=O) groups excluding carboxylic acids is 2. The summed E-state index contributed by atoms with van der Waals surface area (Å²) in [6.07, 6.45) is 5.64. The molecule has 0 aliphatic rings. The van der Waals surface area contributed by atoms with Crippen molar-refractivity contribution in [1.82, 2.24) is 25.2 Å². The van der Waals surface area contributed by atoms with Gasteiger partial charge >= 0.3 is 0 Å². The van der Waals surface area contributed by atoms with E-state index in [2.05, 4.69) is 20.3 Å². The highest BCUT2D eigenvalue weighted by molar-refractivity contribution is 5.72. The summed E-state index contributed by atoms with van der Waals surface area (Å²) in [7, 11) is 3.66. The van der Waals surface area contributed by atoms with E-state index in [9.17, 15) is 9.59 Å². The maximum Gasteiger partial charge on any atom is 0.239 e. The molecule has 2 heterocycles. The van der Waals surface area contributed by atoms with E-state index in [4.69, 9.17) is 4.74 Å². The minimum absolute atomic E-state index is 0.0200. The lowest BCUT2D eigenvalue weighted by Crippen LogP contribution is -2.33. The number of hydrogen-bond donors (Lipinski definition) is 1. The van der Waals surface area contributed by atoms with Crippen LogP contribution in [0.1, 0.15) is 12.6 Å². The number of amides is 2. The Morgan fingerprint density at radius 1 is 1.03 bits per heavy atom. The van der Waals surface area contributed by atoms with E-state index in [1.165, 1.54) is 0 Å². The van der Waals surface area contributed by atoms with Gasteiger partial charge < -0.3 is 19.9 Å². The third-order valence-electron chi connectivity index (χ3n) is 4.90. The summed E-state index contributed by atoms with van der Waals surface area (Å²) in [4.78, 5) is 38.4. The summed E-state index contributed by atoms with van der Waals surface area (Å²) in [5, 5.41) is 2.59. The third-order valence-corrected chi connectivity index (χ3v) is 4.90. The molecule has 0 fully saturated rings. The molecule has 0 saturated heterocycles. The molecule has 3 rings (SSSR count). The first-order valence-electron chi connectivity index (χ1n) is 10.1. The van der Waals surface area contributed by atoms with Crippen LogP contribution in [0.2, 0.25) is 0 Å². The van der Waals surface area contributed by atoms with E-state index in [1.54, 1.807) is 37.5 Å². The normalized spacial score (nSPS) is 10.3. The summed E-state index contributed by atoms with van der Waals surface area (Å²) in [5.41, 5.74) is 2.75. The molecule has 0 saturated carbocycles. The van der Waals surface area contributed by atoms with Gasteiger partial charge in [-0.2, -0.15) is 4.98 Å². The average Bonchev–Trinajstić information content (AvgIpc) is 2.82. The van der Waals surface area contributed by atoms with Gasteiger partial charge in [-0.25, -0.2) is 0 Å². The molecule has 1 aromatic carbocycles. The topological polar surface area (TPSA) is 101 Å². The summed E-state index contributed by atoms with van der Waals surface area (Å²) in [6.45, 7) is 3.16. The Hall–Kier alpha value is -4.01. The Bertz CT molecular complexity index is 1040. The highest BCUT2D eigenvalue weighted by Gasteiger charge is 2.09. The first kappa shape index (κ1) is 22.7. The number of ether oxygens (including phenoxy) is 1. The fourth-order valence-corrected chi connectivity index (χ4v) is 2.83. The predicted octanol–water partition coefficient (Wildman–Crippen LogP) is 2.49. The summed E-state index contributed by atoms with van der Waals surface area (Å²) >= 11 is 0. The van der Waals surface area contributed by atoms with Crippen LogP contribution in [-0.4, -0.2) is 59.4 Å². The molecule has 0 bridgehead atoms. The molecule has 9 heteroatoms. The van der Waals surface area contributed by atoms with Gasteiger partial charge in [0.1, 0.15) is 5.75 Å². The Morgan fingerprint density at radius 3 is 2.44 bits per heavy atom. The van der Waals surface area contributed by atoms with Crippen LogP contribution >= 0.6 is 0 Å². The van der Waals surface area contributed by atoms with Crippen LogP contribution in [0, 0.1) is 0 Å². The Morgan fingerprint density at radius 2 is 1.78 bits per heavy atom. The van der Waals surface area contributed by atoms with E-state index >= 15 is 0 Å². The van der Waals surface area contributed by atoms with E-state index in [0.717, 1.165) is 16.8 Å². The number of likely N-dealkylation sites (N-methyl/N-ethyl adjacent to an activating group) is 2. The fraction of sp³-hybridized carbons (Fsp3) is 0.261. The first-order valence-corrected chi connectivity index (χ1v) is 10.1. The van der Waals surface area contributed by atoms with E-state index in [1.807, 2.05) is 48.3 Å². The molecular weight excluding hydrogens is 408 g/mol. The van der Waals surface area contributed by atoms with Crippen LogP contribution in [0.15, 0.2) is 55.0 Å². The van der Waals surface area contributed by atoms with Gasteiger partial charge in [0.15, 0.2) is 5.82 Å². The molecule has 0 unspecified atom stereocenters. The van der Waals surface area contributed by atoms with E-state index < -0.39 is 0 Å². The van der Waals surface area contributed by atoms with Crippen LogP contribution in [0.4, 0.5) is 5.82 Å². The number of rotatable bonds is 10. The number of pyridine rings is 1. The van der Waals surface area contributed by atoms with Crippen molar-refractivity contribution >= 4 is 18.1 Å². The zero-order valence-corrected chi connectivity index (χ0v) is 18.4. The predicted molar refractivity (Wildman–Crippen MR) is 121 cm³/mol. The number of carbonyl (C=O) groups is 2. The minimum atomic E-state index is 0.0200. The van der Waals surface area contributed by atoms with Gasteiger partial charge in [0.05, 0.1) is 24.6 Å². The second-order valence-electron chi connectivity index (χ2n) is 7.24. The maximum atomic E-state index is 11.4. The lowest BCUT2D eigenvalue weighted by Gasteiger charge is -2.22. The smallest absolute Gasteiger partial charge is 0.239 e. The van der Waals surface area contributed by atoms with Crippen molar-refractivity contribution in [3.63, 3.8) is 0 Å². The van der Waals surface area contributed by atoms with Gasteiger partial charge in [-0.3, -0.25) is 19.6 Å². The number of benzene rings is 1. The van der Waals surface area contributed by atoms with Crippen molar-refractivity contribution < 1.29 is 14.3 Å². The molecule has 0 atom stereocenters. The zero-order valence-electron chi connectivity index (χ0n) is 18.4. The van der Waals surface area contributed by atoms with Crippen molar-refractivity contribution in [1.29, 1.82) is 0 Å². The SMILES string of the molecule is CC(=O)N(C)CCN(C)c1cncc(Oc2ccc(-c3ccc(CNC=O)nc3)cc2)n1. The van der Waals surface area contributed by atoms with Crippen molar-refractivity contribution in [2.45, 2.75) is 13.5 Å². The quantitative estimate of drug-likeness (QED) is 0.489. The van der Waals surface area contributed by atoms with Crippen molar-refractivity contribution in [3.05, 3.63) is 60.7 Å².